The zero-order valence-electron chi connectivity index (χ0n) is 10.3. The predicted molar refractivity (Wildman–Crippen MR) is 74.9 cm³/mol. The van der Waals surface area contributed by atoms with Gasteiger partial charge in [0.15, 0.2) is 0 Å². The molecule has 0 atom stereocenters. The SMILES string of the molecule is CNCc1cc(S(=O)(=O)N(C)C(C)C)c(Br)s1. The first-order valence-electron chi connectivity index (χ1n) is 5.21. The van der Waals surface area contributed by atoms with E-state index in [0.29, 0.717) is 15.2 Å². The van der Waals surface area contributed by atoms with Crippen molar-refractivity contribution in [3.63, 3.8) is 0 Å². The number of hydrogen-bond donors (Lipinski definition) is 1. The summed E-state index contributed by atoms with van der Waals surface area (Å²) in [6.45, 7) is 4.38. The van der Waals surface area contributed by atoms with Crippen molar-refractivity contribution >= 4 is 37.3 Å². The van der Waals surface area contributed by atoms with E-state index < -0.39 is 10.0 Å². The lowest BCUT2D eigenvalue weighted by molar-refractivity contribution is 0.410. The third-order valence-corrected chi connectivity index (χ3v) is 6.73. The average Bonchev–Trinajstić information content (AvgIpc) is 2.59. The fourth-order valence-corrected chi connectivity index (χ4v) is 5.28. The summed E-state index contributed by atoms with van der Waals surface area (Å²) >= 11 is 4.77. The molecule has 1 heterocycles. The van der Waals surface area contributed by atoms with Gasteiger partial charge in [-0.2, -0.15) is 4.31 Å². The number of nitrogens with zero attached hydrogens (tertiary/aromatic N) is 1. The van der Waals surface area contributed by atoms with Crippen molar-refractivity contribution < 1.29 is 8.42 Å². The minimum absolute atomic E-state index is 0.0560. The Bertz CT molecular complexity index is 482. The van der Waals surface area contributed by atoms with Gasteiger partial charge in [0.05, 0.1) is 3.79 Å². The van der Waals surface area contributed by atoms with Crippen LogP contribution in [0.4, 0.5) is 0 Å². The summed E-state index contributed by atoms with van der Waals surface area (Å²) in [5.74, 6) is 0. The number of hydrogen-bond acceptors (Lipinski definition) is 4. The Hall–Kier alpha value is 0.0500. The summed E-state index contributed by atoms with van der Waals surface area (Å²) in [6, 6.07) is 1.67. The molecule has 0 unspecified atom stereocenters. The lowest BCUT2D eigenvalue weighted by atomic mass is 10.4. The first-order chi connectivity index (χ1) is 7.80. The molecule has 1 aromatic rings. The van der Waals surface area contributed by atoms with Crippen LogP contribution >= 0.6 is 27.3 Å². The van der Waals surface area contributed by atoms with Crippen molar-refractivity contribution in [3.05, 3.63) is 14.7 Å². The normalized spacial score (nSPS) is 12.6. The second-order valence-electron chi connectivity index (χ2n) is 4.00. The highest BCUT2D eigenvalue weighted by atomic mass is 79.9. The molecule has 1 N–H and O–H groups in total. The Morgan fingerprint density at radius 1 is 1.53 bits per heavy atom. The topological polar surface area (TPSA) is 49.4 Å². The Labute approximate surface area is 115 Å². The van der Waals surface area contributed by atoms with E-state index in [1.54, 1.807) is 13.1 Å². The van der Waals surface area contributed by atoms with Gasteiger partial charge in [-0.05, 0) is 42.9 Å². The molecule has 0 aromatic carbocycles. The van der Waals surface area contributed by atoms with Gasteiger partial charge < -0.3 is 5.32 Å². The molecule has 0 saturated heterocycles. The van der Waals surface area contributed by atoms with Crippen LogP contribution in [-0.4, -0.2) is 32.9 Å². The zero-order valence-corrected chi connectivity index (χ0v) is 13.5. The van der Waals surface area contributed by atoms with E-state index in [9.17, 15) is 8.42 Å². The van der Waals surface area contributed by atoms with Gasteiger partial charge in [0.25, 0.3) is 0 Å². The van der Waals surface area contributed by atoms with Crippen molar-refractivity contribution in [3.8, 4) is 0 Å². The molecule has 98 valence electrons. The summed E-state index contributed by atoms with van der Waals surface area (Å²) in [5.41, 5.74) is 0. The number of rotatable bonds is 5. The zero-order chi connectivity index (χ0) is 13.2. The van der Waals surface area contributed by atoms with Crippen LogP contribution in [0.5, 0.6) is 0 Å². The van der Waals surface area contributed by atoms with Gasteiger partial charge in [0.1, 0.15) is 4.90 Å². The highest BCUT2D eigenvalue weighted by Crippen LogP contribution is 2.33. The Balaban J connectivity index is 3.15. The maximum Gasteiger partial charge on any atom is 0.245 e. The van der Waals surface area contributed by atoms with Crippen molar-refractivity contribution in [2.45, 2.75) is 31.3 Å². The summed E-state index contributed by atoms with van der Waals surface area (Å²) in [7, 11) is 0.0371. The lowest BCUT2D eigenvalue weighted by Crippen LogP contribution is -2.32. The van der Waals surface area contributed by atoms with Gasteiger partial charge in [-0.25, -0.2) is 8.42 Å². The van der Waals surface area contributed by atoms with Crippen LogP contribution in [-0.2, 0) is 16.6 Å². The van der Waals surface area contributed by atoms with Crippen LogP contribution in [0.2, 0.25) is 0 Å². The molecule has 0 radical (unpaired) electrons. The first kappa shape index (κ1) is 15.1. The molecule has 17 heavy (non-hydrogen) atoms. The third-order valence-electron chi connectivity index (χ3n) is 2.44. The van der Waals surface area contributed by atoms with Crippen LogP contribution < -0.4 is 5.32 Å². The first-order valence-corrected chi connectivity index (χ1v) is 8.26. The monoisotopic (exact) mass is 340 g/mol. The minimum Gasteiger partial charge on any atom is -0.315 e. The Morgan fingerprint density at radius 3 is 2.59 bits per heavy atom. The van der Waals surface area contributed by atoms with Crippen LogP contribution in [0.15, 0.2) is 14.7 Å². The summed E-state index contributed by atoms with van der Waals surface area (Å²) in [5, 5.41) is 3.01. The summed E-state index contributed by atoms with van der Waals surface area (Å²) in [6.07, 6.45) is 0. The summed E-state index contributed by atoms with van der Waals surface area (Å²) < 4.78 is 26.6. The summed E-state index contributed by atoms with van der Waals surface area (Å²) in [4.78, 5) is 1.35. The van der Waals surface area contributed by atoms with Gasteiger partial charge in [-0.3, -0.25) is 0 Å². The average molecular weight is 341 g/mol. The van der Waals surface area contributed by atoms with Gasteiger partial charge in [-0.15, -0.1) is 11.3 Å². The molecule has 0 aliphatic heterocycles. The maximum absolute atomic E-state index is 12.3. The van der Waals surface area contributed by atoms with Crippen LogP contribution in [0.25, 0.3) is 0 Å². The van der Waals surface area contributed by atoms with Crippen LogP contribution in [0.3, 0.4) is 0 Å². The van der Waals surface area contributed by atoms with Crippen molar-refractivity contribution in [2.75, 3.05) is 14.1 Å². The molecule has 0 amide bonds. The predicted octanol–water partition coefficient (Wildman–Crippen LogP) is 2.26. The minimum atomic E-state index is -3.40. The molecular weight excluding hydrogens is 324 g/mol. The van der Waals surface area contributed by atoms with Gasteiger partial charge in [-0.1, -0.05) is 0 Å². The standard InChI is InChI=1S/C10H17BrN2O2S2/c1-7(2)13(4)17(14,15)9-5-8(6-12-3)16-10(9)11/h5,7,12H,6H2,1-4H3. The molecule has 0 aliphatic carbocycles. The highest BCUT2D eigenvalue weighted by Gasteiger charge is 2.27. The number of sulfonamides is 1. The number of thiophene rings is 1. The molecule has 4 nitrogen and oxygen atoms in total. The molecule has 1 rings (SSSR count). The largest absolute Gasteiger partial charge is 0.315 e. The third kappa shape index (κ3) is 3.29. The van der Waals surface area contributed by atoms with E-state index in [1.165, 1.54) is 15.6 Å². The molecule has 0 fully saturated rings. The Morgan fingerprint density at radius 2 is 2.12 bits per heavy atom. The van der Waals surface area contributed by atoms with E-state index in [2.05, 4.69) is 21.2 Å². The molecule has 7 heteroatoms. The fraction of sp³-hybridized carbons (Fsp3) is 0.600. The lowest BCUT2D eigenvalue weighted by Gasteiger charge is -2.20. The van der Waals surface area contributed by atoms with Crippen molar-refractivity contribution in [2.24, 2.45) is 0 Å². The molecular formula is C10H17BrN2O2S2. The molecule has 0 saturated carbocycles. The maximum atomic E-state index is 12.3. The highest BCUT2D eigenvalue weighted by molar-refractivity contribution is 9.11. The second-order valence-corrected chi connectivity index (χ2v) is 8.42. The van der Waals surface area contributed by atoms with Crippen LogP contribution in [0.1, 0.15) is 18.7 Å². The van der Waals surface area contributed by atoms with E-state index in [1.807, 2.05) is 20.9 Å². The fourth-order valence-electron chi connectivity index (χ4n) is 1.27. The van der Waals surface area contributed by atoms with Gasteiger partial charge >= 0.3 is 0 Å². The second kappa shape index (κ2) is 5.79. The van der Waals surface area contributed by atoms with Crippen LogP contribution in [0, 0.1) is 0 Å². The van der Waals surface area contributed by atoms with Crippen molar-refractivity contribution in [1.82, 2.24) is 9.62 Å². The van der Waals surface area contributed by atoms with Gasteiger partial charge in [0, 0.05) is 24.5 Å². The molecule has 0 bridgehead atoms. The van der Waals surface area contributed by atoms with E-state index >= 15 is 0 Å². The van der Waals surface area contributed by atoms with E-state index in [0.717, 1.165) is 4.88 Å². The number of nitrogens with one attached hydrogen (secondary N) is 1. The molecule has 0 spiro atoms. The molecule has 1 aromatic heterocycles. The van der Waals surface area contributed by atoms with E-state index in [4.69, 9.17) is 0 Å². The molecule has 0 aliphatic rings. The Kier molecular flexibility index (Phi) is 5.15. The van der Waals surface area contributed by atoms with E-state index in [-0.39, 0.29) is 6.04 Å². The number of halogens is 1. The quantitative estimate of drug-likeness (QED) is 0.894. The van der Waals surface area contributed by atoms with Crippen molar-refractivity contribution in [1.29, 1.82) is 0 Å². The van der Waals surface area contributed by atoms with Gasteiger partial charge in [0.2, 0.25) is 10.0 Å². The smallest absolute Gasteiger partial charge is 0.245 e.